The van der Waals surface area contributed by atoms with E-state index in [2.05, 4.69) is 40.3 Å². The molecular weight excluding hydrogens is 460 g/mol. The van der Waals surface area contributed by atoms with Gasteiger partial charge in [0, 0.05) is 29.9 Å². The van der Waals surface area contributed by atoms with Gasteiger partial charge < -0.3 is 19.9 Å². The maximum atomic E-state index is 13.2. The normalized spacial score (nSPS) is 28.1. The number of nitrogens with one attached hydrogen (secondary N) is 1. The van der Waals surface area contributed by atoms with Crippen molar-refractivity contribution in [2.75, 3.05) is 56.7 Å². The third kappa shape index (κ3) is 4.43. The third-order valence-corrected chi connectivity index (χ3v) is 8.58. The van der Waals surface area contributed by atoms with Crippen LogP contribution in [0, 0.1) is 6.92 Å². The second kappa shape index (κ2) is 9.02. The van der Waals surface area contributed by atoms with Crippen LogP contribution in [-0.2, 0) is 4.74 Å². The third-order valence-electron chi connectivity index (χ3n) is 7.22. The lowest BCUT2D eigenvalue weighted by Gasteiger charge is -2.44. The van der Waals surface area contributed by atoms with Crippen molar-refractivity contribution in [3.63, 3.8) is 0 Å². The van der Waals surface area contributed by atoms with Crippen molar-refractivity contribution in [3.8, 4) is 0 Å². The van der Waals surface area contributed by atoms with E-state index < -0.39 is 0 Å². The van der Waals surface area contributed by atoms with Crippen LogP contribution in [0.25, 0.3) is 0 Å². The maximum absolute atomic E-state index is 13.2. The molecule has 0 bridgehead atoms. The lowest BCUT2D eigenvalue weighted by Crippen LogP contribution is -2.52. The number of carbonyl (C=O) groups is 1. The summed E-state index contributed by atoms with van der Waals surface area (Å²) in [6, 6.07) is 4.48. The molecule has 8 nitrogen and oxygen atoms in total. The molecule has 2 saturated heterocycles. The average Bonchev–Trinajstić information content (AvgIpc) is 3.37. The Bertz CT molecular complexity index is 1030. The van der Waals surface area contributed by atoms with Crippen LogP contribution in [0.2, 0.25) is 4.34 Å². The molecule has 1 N–H and O–H groups in total. The number of nitrogens with zero attached hydrogens (tertiary/aromatic N) is 5. The van der Waals surface area contributed by atoms with E-state index in [0.717, 1.165) is 48.1 Å². The molecule has 178 valence electrons. The lowest BCUT2D eigenvalue weighted by molar-refractivity contribution is 0.122. The van der Waals surface area contributed by atoms with E-state index in [9.17, 15) is 4.79 Å². The minimum atomic E-state index is -0.264. The number of rotatable bonds is 4. The topological polar surface area (TPSA) is 73.8 Å². The quantitative estimate of drug-likeness (QED) is 0.707. The van der Waals surface area contributed by atoms with Crippen molar-refractivity contribution in [1.82, 2.24) is 20.2 Å². The first-order valence-corrected chi connectivity index (χ1v) is 12.7. The van der Waals surface area contributed by atoms with Gasteiger partial charge in [-0.15, -0.1) is 11.3 Å². The van der Waals surface area contributed by atoms with E-state index in [-0.39, 0.29) is 11.6 Å². The van der Waals surface area contributed by atoms with Gasteiger partial charge in [0.05, 0.1) is 47.2 Å². The van der Waals surface area contributed by atoms with Gasteiger partial charge in [0.1, 0.15) is 0 Å². The fourth-order valence-electron chi connectivity index (χ4n) is 5.51. The monoisotopic (exact) mass is 490 g/mol. The summed E-state index contributed by atoms with van der Waals surface area (Å²) >= 11 is 7.93. The zero-order valence-corrected chi connectivity index (χ0v) is 21.0. The summed E-state index contributed by atoms with van der Waals surface area (Å²) in [5.41, 5.74) is 1.34. The van der Waals surface area contributed by atoms with Gasteiger partial charge in [0.15, 0.2) is 0 Å². The highest BCUT2D eigenvalue weighted by molar-refractivity contribution is 7.16. The number of morpholine rings is 1. The van der Waals surface area contributed by atoms with E-state index in [0.29, 0.717) is 37.7 Å². The number of aryl methyl sites for hydroxylation is 1. The van der Waals surface area contributed by atoms with Crippen LogP contribution in [0.5, 0.6) is 0 Å². The zero-order valence-electron chi connectivity index (χ0n) is 19.4. The molecule has 2 aliphatic heterocycles. The van der Waals surface area contributed by atoms with E-state index in [1.165, 1.54) is 4.88 Å². The lowest BCUT2D eigenvalue weighted by atomic mass is 9.72. The predicted molar refractivity (Wildman–Crippen MR) is 132 cm³/mol. The first-order chi connectivity index (χ1) is 15.8. The van der Waals surface area contributed by atoms with Crippen molar-refractivity contribution < 1.29 is 9.53 Å². The standard InChI is InChI=1S/C23H31ClN6O2S/c1-15-18(13-25-21(26-15)29-8-10-32-11-9-29)30-14-23(27-22(30)31)7-6-17(28(2)3)16(12-23)19-4-5-20(24)33-19/h4-5,13,16-17H,6-12,14H2,1-3H3,(H,27,31)/t16-,17+,23?/m0/s1. The highest BCUT2D eigenvalue weighted by Crippen LogP contribution is 2.45. The fourth-order valence-corrected chi connectivity index (χ4v) is 6.73. The molecule has 3 atom stereocenters. The molecule has 5 rings (SSSR count). The molecule has 2 aromatic rings. The van der Waals surface area contributed by atoms with Crippen molar-refractivity contribution >= 4 is 40.6 Å². The first kappa shape index (κ1) is 22.8. The summed E-state index contributed by atoms with van der Waals surface area (Å²) in [6.45, 7) is 5.53. The molecule has 1 spiro atoms. The number of hydrogen-bond donors (Lipinski definition) is 1. The SMILES string of the molecule is Cc1nc(N2CCOCC2)ncc1N1CC2(CC[C@@H](N(C)C)[C@@H](c3ccc(Cl)s3)C2)NC1=O. The number of amides is 2. The molecule has 33 heavy (non-hydrogen) atoms. The van der Waals surface area contributed by atoms with Crippen LogP contribution in [0.4, 0.5) is 16.4 Å². The number of aromatic nitrogens is 2. The number of carbonyl (C=O) groups excluding carboxylic acids is 1. The molecule has 0 radical (unpaired) electrons. The molecule has 0 aromatic carbocycles. The number of likely N-dealkylation sites (N-methyl/N-ethyl adjacent to an activating group) is 1. The van der Waals surface area contributed by atoms with Crippen molar-refractivity contribution in [2.24, 2.45) is 0 Å². The van der Waals surface area contributed by atoms with Crippen LogP contribution >= 0.6 is 22.9 Å². The molecule has 3 fully saturated rings. The van der Waals surface area contributed by atoms with E-state index in [1.807, 2.05) is 17.9 Å². The molecular formula is C23H31ClN6O2S. The van der Waals surface area contributed by atoms with Crippen LogP contribution in [0.15, 0.2) is 18.3 Å². The Morgan fingerprint density at radius 3 is 2.76 bits per heavy atom. The zero-order chi connectivity index (χ0) is 23.2. The number of halogens is 1. The number of hydrogen-bond acceptors (Lipinski definition) is 7. The average molecular weight is 491 g/mol. The number of thiophene rings is 1. The summed E-state index contributed by atoms with van der Waals surface area (Å²) in [5.74, 6) is 1.03. The van der Waals surface area contributed by atoms with Crippen molar-refractivity contribution in [2.45, 2.75) is 43.7 Å². The number of urea groups is 1. The smallest absolute Gasteiger partial charge is 0.322 e. The maximum Gasteiger partial charge on any atom is 0.322 e. The van der Waals surface area contributed by atoms with Gasteiger partial charge in [0.2, 0.25) is 5.95 Å². The molecule has 1 aliphatic carbocycles. The van der Waals surface area contributed by atoms with Gasteiger partial charge in [-0.05, 0) is 52.4 Å². The minimum Gasteiger partial charge on any atom is -0.378 e. The number of anilines is 2. The minimum absolute atomic E-state index is 0.0629. The highest BCUT2D eigenvalue weighted by Gasteiger charge is 2.49. The van der Waals surface area contributed by atoms with Crippen molar-refractivity contribution in [3.05, 3.63) is 33.2 Å². The molecule has 10 heteroatoms. The largest absolute Gasteiger partial charge is 0.378 e. The van der Waals surface area contributed by atoms with Gasteiger partial charge in [-0.2, -0.15) is 0 Å². The molecule has 2 amide bonds. The predicted octanol–water partition coefficient (Wildman–Crippen LogP) is 3.50. The second-order valence-corrected chi connectivity index (χ2v) is 11.3. The van der Waals surface area contributed by atoms with Crippen LogP contribution in [-0.4, -0.2) is 79.4 Å². The summed E-state index contributed by atoms with van der Waals surface area (Å²) in [6.07, 6.45) is 4.65. The van der Waals surface area contributed by atoms with Crippen molar-refractivity contribution in [1.29, 1.82) is 0 Å². The Morgan fingerprint density at radius 2 is 2.09 bits per heavy atom. The summed E-state index contributed by atoms with van der Waals surface area (Å²) in [4.78, 5) is 30.0. The Hall–Kier alpha value is -1.94. The van der Waals surface area contributed by atoms with Gasteiger partial charge in [0.25, 0.3) is 0 Å². The Morgan fingerprint density at radius 1 is 1.30 bits per heavy atom. The van der Waals surface area contributed by atoms with Crippen LogP contribution in [0.1, 0.15) is 35.8 Å². The Balaban J connectivity index is 1.37. The molecule has 1 unspecified atom stereocenters. The molecule has 3 aliphatic rings. The van der Waals surface area contributed by atoms with Gasteiger partial charge in [-0.1, -0.05) is 11.6 Å². The highest BCUT2D eigenvalue weighted by atomic mass is 35.5. The van der Waals surface area contributed by atoms with E-state index in [1.54, 1.807) is 17.5 Å². The summed E-state index contributed by atoms with van der Waals surface area (Å²) in [5, 5.41) is 3.35. The van der Waals surface area contributed by atoms with Gasteiger partial charge in [-0.25, -0.2) is 14.8 Å². The van der Waals surface area contributed by atoms with E-state index >= 15 is 0 Å². The van der Waals surface area contributed by atoms with E-state index in [4.69, 9.17) is 21.3 Å². The summed E-state index contributed by atoms with van der Waals surface area (Å²) < 4.78 is 6.24. The molecule has 1 saturated carbocycles. The van der Waals surface area contributed by atoms with Crippen LogP contribution < -0.4 is 15.1 Å². The van der Waals surface area contributed by atoms with Crippen LogP contribution in [0.3, 0.4) is 0 Å². The fraction of sp³-hybridized carbons (Fsp3) is 0.609. The first-order valence-electron chi connectivity index (χ1n) is 11.5. The second-order valence-electron chi connectivity index (χ2n) is 9.56. The Kier molecular flexibility index (Phi) is 6.24. The molecule has 2 aromatic heterocycles. The molecule has 4 heterocycles. The Labute approximate surface area is 203 Å². The summed E-state index contributed by atoms with van der Waals surface area (Å²) in [7, 11) is 4.28. The van der Waals surface area contributed by atoms with Gasteiger partial charge >= 0.3 is 6.03 Å². The van der Waals surface area contributed by atoms with Gasteiger partial charge in [-0.3, -0.25) is 4.90 Å². The number of ether oxygens (including phenoxy) is 1.